The Balaban J connectivity index is 2.36. The van der Waals surface area contributed by atoms with Crippen LogP contribution >= 0.6 is 0 Å². The fourth-order valence-electron chi connectivity index (χ4n) is 2.88. The number of halogens is 1. The number of piperidine rings is 1. The summed E-state index contributed by atoms with van der Waals surface area (Å²) in [5.74, 6) is -0.189. The van der Waals surface area contributed by atoms with Gasteiger partial charge in [-0.05, 0) is 37.3 Å². The summed E-state index contributed by atoms with van der Waals surface area (Å²) < 4.78 is 13.9. The predicted molar refractivity (Wildman–Crippen MR) is 74.2 cm³/mol. The number of hydrogen-bond donors (Lipinski definition) is 1. The van der Waals surface area contributed by atoms with Gasteiger partial charge in [-0.2, -0.15) is 0 Å². The van der Waals surface area contributed by atoms with Crippen molar-refractivity contribution in [1.29, 1.82) is 0 Å². The van der Waals surface area contributed by atoms with Gasteiger partial charge in [-0.3, -0.25) is 0 Å². The second-order valence-electron chi connectivity index (χ2n) is 6.15. The van der Waals surface area contributed by atoms with E-state index in [4.69, 9.17) is 5.73 Å². The molecule has 0 radical (unpaired) electrons. The quantitative estimate of drug-likeness (QED) is 0.870. The van der Waals surface area contributed by atoms with Crippen LogP contribution in [-0.4, -0.2) is 13.1 Å². The fraction of sp³-hybridized carbons (Fsp3) is 0.600. The molecule has 1 heterocycles. The molecule has 0 spiro atoms. The molecule has 0 amide bonds. The van der Waals surface area contributed by atoms with E-state index in [2.05, 4.69) is 18.7 Å². The summed E-state index contributed by atoms with van der Waals surface area (Å²) in [4.78, 5) is 2.28. The molecule has 1 saturated heterocycles. The lowest BCUT2D eigenvalue weighted by Gasteiger charge is -2.40. The highest BCUT2D eigenvalue weighted by atomic mass is 19.1. The summed E-state index contributed by atoms with van der Waals surface area (Å²) in [5.41, 5.74) is 7.83. The maximum absolute atomic E-state index is 13.9. The lowest BCUT2D eigenvalue weighted by molar-refractivity contribution is 0.292. The van der Waals surface area contributed by atoms with Crippen LogP contribution in [0.2, 0.25) is 0 Å². The Morgan fingerprint density at radius 1 is 1.39 bits per heavy atom. The molecule has 0 unspecified atom stereocenters. The van der Waals surface area contributed by atoms with Gasteiger partial charge in [0.1, 0.15) is 5.82 Å². The Hall–Kier alpha value is -1.09. The third kappa shape index (κ3) is 2.66. The second kappa shape index (κ2) is 4.88. The van der Waals surface area contributed by atoms with Crippen molar-refractivity contribution in [3.05, 3.63) is 29.6 Å². The molecule has 3 heteroatoms. The molecule has 100 valence electrons. The first-order valence-electron chi connectivity index (χ1n) is 6.70. The van der Waals surface area contributed by atoms with Crippen molar-refractivity contribution in [2.45, 2.75) is 39.7 Å². The molecule has 0 aliphatic carbocycles. The van der Waals surface area contributed by atoms with Crippen LogP contribution in [0.3, 0.4) is 0 Å². The van der Waals surface area contributed by atoms with Gasteiger partial charge in [0.2, 0.25) is 0 Å². The van der Waals surface area contributed by atoms with E-state index in [-0.39, 0.29) is 11.9 Å². The molecule has 1 aromatic carbocycles. The van der Waals surface area contributed by atoms with Gasteiger partial charge in [0.25, 0.3) is 0 Å². The lowest BCUT2D eigenvalue weighted by atomic mass is 9.83. The Morgan fingerprint density at radius 3 is 2.72 bits per heavy atom. The molecule has 2 N–H and O–H groups in total. The van der Waals surface area contributed by atoms with Gasteiger partial charge in [0, 0.05) is 30.4 Å². The van der Waals surface area contributed by atoms with Crippen molar-refractivity contribution in [3.63, 3.8) is 0 Å². The number of hydrogen-bond acceptors (Lipinski definition) is 2. The first-order chi connectivity index (χ1) is 8.41. The van der Waals surface area contributed by atoms with E-state index in [1.807, 2.05) is 13.0 Å². The minimum absolute atomic E-state index is 0.189. The highest BCUT2D eigenvalue weighted by molar-refractivity contribution is 5.56. The summed E-state index contributed by atoms with van der Waals surface area (Å²) in [6.45, 7) is 8.34. The van der Waals surface area contributed by atoms with Gasteiger partial charge in [-0.25, -0.2) is 4.39 Å². The molecule has 1 aliphatic rings. The average Bonchev–Trinajstić information content (AvgIpc) is 2.26. The molecule has 1 aliphatic heterocycles. The highest BCUT2D eigenvalue weighted by Crippen LogP contribution is 2.35. The largest absolute Gasteiger partial charge is 0.371 e. The van der Waals surface area contributed by atoms with Crippen molar-refractivity contribution in [2.24, 2.45) is 11.1 Å². The van der Waals surface area contributed by atoms with Crippen LogP contribution in [0.4, 0.5) is 10.1 Å². The number of anilines is 1. The molecule has 0 aromatic heterocycles. The molecular weight excluding hydrogens is 227 g/mol. The molecule has 0 bridgehead atoms. The molecule has 1 fully saturated rings. The van der Waals surface area contributed by atoms with E-state index >= 15 is 0 Å². The van der Waals surface area contributed by atoms with Gasteiger partial charge in [-0.15, -0.1) is 0 Å². The summed E-state index contributed by atoms with van der Waals surface area (Å²) in [5, 5.41) is 0. The average molecular weight is 250 g/mol. The minimum atomic E-state index is -0.272. The van der Waals surface area contributed by atoms with Gasteiger partial charge in [0.05, 0.1) is 0 Å². The molecule has 18 heavy (non-hydrogen) atoms. The normalized spacial score (nSPS) is 20.8. The third-order valence-corrected chi connectivity index (χ3v) is 3.73. The molecule has 1 atom stereocenters. The van der Waals surface area contributed by atoms with Gasteiger partial charge < -0.3 is 10.6 Å². The maximum Gasteiger partial charge on any atom is 0.130 e. The van der Waals surface area contributed by atoms with Crippen LogP contribution in [0.5, 0.6) is 0 Å². The smallest absolute Gasteiger partial charge is 0.130 e. The van der Waals surface area contributed by atoms with Crippen molar-refractivity contribution in [2.75, 3.05) is 18.0 Å². The number of nitrogens with zero attached hydrogens (tertiary/aromatic N) is 1. The van der Waals surface area contributed by atoms with Gasteiger partial charge >= 0.3 is 0 Å². The SMILES string of the molecule is C[C@@H](N)c1c(F)cccc1N1CCCC(C)(C)C1. The Kier molecular flexibility index (Phi) is 3.62. The molecule has 1 aromatic rings. The van der Waals surface area contributed by atoms with Crippen molar-refractivity contribution in [1.82, 2.24) is 0 Å². The molecule has 2 rings (SSSR count). The molecular formula is C15H23FN2. The van der Waals surface area contributed by atoms with Crippen LogP contribution in [0, 0.1) is 11.2 Å². The van der Waals surface area contributed by atoms with Crippen molar-refractivity contribution < 1.29 is 4.39 Å². The molecule has 0 saturated carbocycles. The Labute approximate surface area is 109 Å². The number of rotatable bonds is 2. The highest BCUT2D eigenvalue weighted by Gasteiger charge is 2.28. The summed E-state index contributed by atoms with van der Waals surface area (Å²) in [6, 6.07) is 4.99. The Morgan fingerprint density at radius 2 is 2.11 bits per heavy atom. The van der Waals surface area contributed by atoms with Crippen LogP contribution in [-0.2, 0) is 0 Å². The van der Waals surface area contributed by atoms with Crippen LogP contribution in [0.25, 0.3) is 0 Å². The summed E-state index contributed by atoms with van der Waals surface area (Å²) in [6.07, 6.45) is 2.38. The van der Waals surface area contributed by atoms with Gasteiger partial charge in [0.15, 0.2) is 0 Å². The van der Waals surface area contributed by atoms with E-state index < -0.39 is 0 Å². The molecule has 2 nitrogen and oxygen atoms in total. The minimum Gasteiger partial charge on any atom is -0.371 e. The Bertz CT molecular complexity index is 427. The van der Waals surface area contributed by atoms with E-state index in [1.165, 1.54) is 12.5 Å². The second-order valence-corrected chi connectivity index (χ2v) is 6.15. The third-order valence-electron chi connectivity index (χ3n) is 3.73. The first kappa shape index (κ1) is 13.3. The number of nitrogens with two attached hydrogens (primary N) is 1. The lowest BCUT2D eigenvalue weighted by Crippen LogP contribution is -2.40. The van der Waals surface area contributed by atoms with Crippen molar-refractivity contribution in [3.8, 4) is 0 Å². The standard InChI is InChI=1S/C15H23FN2/c1-11(17)14-12(16)6-4-7-13(14)18-9-5-8-15(2,3)10-18/h4,6-7,11H,5,8-10,17H2,1-3H3/t11-/m1/s1. The monoisotopic (exact) mass is 250 g/mol. The van der Waals surface area contributed by atoms with E-state index in [1.54, 1.807) is 6.07 Å². The number of benzene rings is 1. The van der Waals surface area contributed by atoms with Crippen LogP contribution in [0.15, 0.2) is 18.2 Å². The topological polar surface area (TPSA) is 29.3 Å². The van der Waals surface area contributed by atoms with E-state index in [9.17, 15) is 4.39 Å². The zero-order valence-electron chi connectivity index (χ0n) is 11.5. The van der Waals surface area contributed by atoms with Crippen LogP contribution < -0.4 is 10.6 Å². The van der Waals surface area contributed by atoms with E-state index in [0.29, 0.717) is 11.0 Å². The van der Waals surface area contributed by atoms with E-state index in [0.717, 1.165) is 25.2 Å². The fourth-order valence-corrected chi connectivity index (χ4v) is 2.88. The first-order valence-corrected chi connectivity index (χ1v) is 6.70. The summed E-state index contributed by atoms with van der Waals surface area (Å²) in [7, 11) is 0. The van der Waals surface area contributed by atoms with Crippen LogP contribution in [0.1, 0.15) is 45.2 Å². The van der Waals surface area contributed by atoms with Crippen molar-refractivity contribution >= 4 is 5.69 Å². The maximum atomic E-state index is 13.9. The van der Waals surface area contributed by atoms with Gasteiger partial charge in [-0.1, -0.05) is 19.9 Å². The zero-order valence-corrected chi connectivity index (χ0v) is 11.5. The zero-order chi connectivity index (χ0) is 13.3. The summed E-state index contributed by atoms with van der Waals surface area (Å²) >= 11 is 0. The predicted octanol–water partition coefficient (Wildman–Crippen LogP) is 3.47.